The molecule has 1 unspecified atom stereocenters. The Labute approximate surface area is 105 Å². The number of carbonyl (C=O) groups excluding carboxylic acids is 1. The Bertz CT molecular complexity index is 311. The van der Waals surface area contributed by atoms with Crippen molar-refractivity contribution in [1.29, 1.82) is 0 Å². The number of amides is 1. The number of piperazine rings is 1. The third kappa shape index (κ3) is 3.35. The second-order valence-electron chi connectivity index (χ2n) is 4.56. The maximum Gasteiger partial charge on any atom is 0.313 e. The highest BCUT2D eigenvalue weighted by molar-refractivity contribution is 8.00. The zero-order chi connectivity index (χ0) is 12.3. The van der Waals surface area contributed by atoms with Crippen molar-refractivity contribution in [3.05, 3.63) is 0 Å². The number of nitrogens with zero attached hydrogens (tertiary/aromatic N) is 2. The van der Waals surface area contributed by atoms with Gasteiger partial charge in [-0.3, -0.25) is 14.5 Å². The van der Waals surface area contributed by atoms with E-state index in [1.165, 1.54) is 31.1 Å². The molecule has 0 spiro atoms. The second kappa shape index (κ2) is 5.73. The maximum atomic E-state index is 11.9. The predicted molar refractivity (Wildman–Crippen MR) is 66.1 cm³/mol. The maximum absolute atomic E-state index is 11.9. The van der Waals surface area contributed by atoms with Crippen molar-refractivity contribution in [3.63, 3.8) is 0 Å². The summed E-state index contributed by atoms with van der Waals surface area (Å²) in [7, 11) is 0. The zero-order valence-corrected chi connectivity index (χ0v) is 10.6. The van der Waals surface area contributed by atoms with Crippen molar-refractivity contribution in [2.24, 2.45) is 0 Å². The summed E-state index contributed by atoms with van der Waals surface area (Å²) >= 11 is 1.18. The second-order valence-corrected chi connectivity index (χ2v) is 5.54. The summed E-state index contributed by atoms with van der Waals surface area (Å²) in [6.45, 7) is 3.76. The van der Waals surface area contributed by atoms with Gasteiger partial charge in [-0.2, -0.15) is 0 Å². The van der Waals surface area contributed by atoms with Gasteiger partial charge in [0.1, 0.15) is 0 Å². The summed E-state index contributed by atoms with van der Waals surface area (Å²) in [5, 5.41) is 8.51. The molecule has 0 aromatic heterocycles. The van der Waals surface area contributed by atoms with Crippen LogP contribution in [0, 0.1) is 0 Å². The average Bonchev–Trinajstić information content (AvgIpc) is 2.75. The third-order valence-corrected chi connectivity index (χ3v) is 4.29. The highest BCUT2D eigenvalue weighted by Crippen LogP contribution is 2.21. The quantitative estimate of drug-likeness (QED) is 0.775. The number of hydrogen-bond donors (Lipinski definition) is 1. The van der Waals surface area contributed by atoms with Gasteiger partial charge in [-0.25, -0.2) is 0 Å². The molecule has 0 aromatic carbocycles. The van der Waals surface area contributed by atoms with E-state index >= 15 is 0 Å². The molecule has 1 atom stereocenters. The van der Waals surface area contributed by atoms with Crippen LogP contribution >= 0.6 is 11.8 Å². The highest BCUT2D eigenvalue weighted by Gasteiger charge is 2.32. The van der Waals surface area contributed by atoms with E-state index < -0.39 is 5.97 Å². The van der Waals surface area contributed by atoms with Gasteiger partial charge in [0.15, 0.2) is 0 Å². The molecule has 2 aliphatic rings. The van der Waals surface area contributed by atoms with Crippen molar-refractivity contribution in [3.8, 4) is 0 Å². The summed E-state index contributed by atoms with van der Waals surface area (Å²) < 4.78 is 0. The van der Waals surface area contributed by atoms with Crippen LogP contribution in [0.3, 0.4) is 0 Å². The summed E-state index contributed by atoms with van der Waals surface area (Å²) in [6, 6.07) is 0.539. The molecule has 5 nitrogen and oxygen atoms in total. The van der Waals surface area contributed by atoms with Crippen molar-refractivity contribution in [2.75, 3.05) is 37.7 Å². The van der Waals surface area contributed by atoms with Crippen LogP contribution in [0.4, 0.5) is 0 Å². The van der Waals surface area contributed by atoms with Gasteiger partial charge >= 0.3 is 5.97 Å². The van der Waals surface area contributed by atoms with Crippen LogP contribution in [0.25, 0.3) is 0 Å². The smallest absolute Gasteiger partial charge is 0.313 e. The number of thioether (sulfide) groups is 1. The van der Waals surface area contributed by atoms with Crippen LogP contribution in [-0.2, 0) is 9.59 Å². The molecule has 1 N–H and O–H groups in total. The van der Waals surface area contributed by atoms with E-state index in [9.17, 15) is 9.59 Å². The van der Waals surface area contributed by atoms with Gasteiger partial charge in [0.05, 0.1) is 11.5 Å². The van der Waals surface area contributed by atoms with Gasteiger partial charge in [0, 0.05) is 25.7 Å². The number of carboxylic acid groups (broad SMARTS) is 1. The Hall–Kier alpha value is -0.750. The highest BCUT2D eigenvalue weighted by atomic mass is 32.2. The number of carbonyl (C=O) groups is 2. The van der Waals surface area contributed by atoms with Crippen molar-refractivity contribution >= 4 is 23.6 Å². The van der Waals surface area contributed by atoms with E-state index in [2.05, 4.69) is 4.90 Å². The van der Waals surface area contributed by atoms with E-state index in [1.807, 2.05) is 4.90 Å². The first-order valence-electron chi connectivity index (χ1n) is 5.98. The van der Waals surface area contributed by atoms with E-state index in [-0.39, 0.29) is 11.7 Å². The fourth-order valence-corrected chi connectivity index (χ4v) is 3.17. The molecule has 17 heavy (non-hydrogen) atoms. The Balaban J connectivity index is 1.74. The summed E-state index contributed by atoms with van der Waals surface area (Å²) in [6.07, 6.45) is 2.42. The number of rotatable bonds is 4. The first-order chi connectivity index (χ1) is 8.16. The molecule has 2 heterocycles. The number of aliphatic carboxylic acids is 1. The van der Waals surface area contributed by atoms with E-state index in [1.54, 1.807) is 0 Å². The lowest BCUT2D eigenvalue weighted by atomic mass is 10.1. The molecule has 2 saturated heterocycles. The molecule has 2 aliphatic heterocycles. The standard InChI is InChI=1S/C11H18N2O3S/c14-10(7-17-8-11(15)16)13-5-4-12-3-1-2-9(12)6-13/h9H,1-8H2,(H,15,16). The lowest BCUT2D eigenvalue weighted by Crippen LogP contribution is -2.52. The largest absolute Gasteiger partial charge is 0.481 e. The fourth-order valence-electron chi connectivity index (χ4n) is 2.53. The van der Waals surface area contributed by atoms with Crippen LogP contribution in [0.2, 0.25) is 0 Å². The number of fused-ring (bicyclic) bond motifs is 1. The Morgan fingerprint density at radius 1 is 1.24 bits per heavy atom. The van der Waals surface area contributed by atoms with E-state index in [4.69, 9.17) is 5.11 Å². The molecule has 0 aliphatic carbocycles. The molecular formula is C11H18N2O3S. The summed E-state index contributed by atoms with van der Waals surface area (Å²) in [5.41, 5.74) is 0. The van der Waals surface area contributed by atoms with Crippen LogP contribution in [0.15, 0.2) is 0 Å². The number of hydrogen-bond acceptors (Lipinski definition) is 4. The lowest BCUT2D eigenvalue weighted by Gasteiger charge is -2.37. The van der Waals surface area contributed by atoms with Gasteiger partial charge < -0.3 is 10.0 Å². The first-order valence-corrected chi connectivity index (χ1v) is 7.13. The molecular weight excluding hydrogens is 240 g/mol. The minimum absolute atomic E-state index is 0.00906. The summed E-state index contributed by atoms with van der Waals surface area (Å²) in [4.78, 5) is 26.6. The van der Waals surface area contributed by atoms with Crippen LogP contribution < -0.4 is 0 Å². The van der Waals surface area contributed by atoms with Gasteiger partial charge in [-0.05, 0) is 19.4 Å². The van der Waals surface area contributed by atoms with Gasteiger partial charge in [0.2, 0.25) is 5.91 Å². The fraction of sp³-hybridized carbons (Fsp3) is 0.818. The SMILES string of the molecule is O=C(O)CSCC(=O)N1CCN2CCCC2C1. The normalized spacial score (nSPS) is 24.7. The molecule has 0 bridgehead atoms. The van der Waals surface area contributed by atoms with Crippen LogP contribution in [0.1, 0.15) is 12.8 Å². The molecule has 0 radical (unpaired) electrons. The minimum Gasteiger partial charge on any atom is -0.481 e. The molecule has 0 saturated carbocycles. The van der Waals surface area contributed by atoms with Crippen LogP contribution in [0.5, 0.6) is 0 Å². The van der Waals surface area contributed by atoms with E-state index in [0.29, 0.717) is 11.8 Å². The first kappa shape index (κ1) is 12.7. The molecule has 96 valence electrons. The van der Waals surface area contributed by atoms with Gasteiger partial charge in [0.25, 0.3) is 0 Å². The monoisotopic (exact) mass is 258 g/mol. The molecule has 0 aromatic rings. The molecule has 1 amide bonds. The predicted octanol–water partition coefficient (Wildman–Crippen LogP) is 0.111. The Kier molecular flexibility index (Phi) is 4.28. The third-order valence-electron chi connectivity index (χ3n) is 3.39. The Morgan fingerprint density at radius 2 is 2.06 bits per heavy atom. The van der Waals surface area contributed by atoms with E-state index in [0.717, 1.165) is 19.6 Å². The Morgan fingerprint density at radius 3 is 2.82 bits per heavy atom. The minimum atomic E-state index is -0.858. The topological polar surface area (TPSA) is 60.9 Å². The average molecular weight is 258 g/mol. The van der Waals surface area contributed by atoms with Crippen molar-refractivity contribution in [2.45, 2.75) is 18.9 Å². The molecule has 2 fully saturated rings. The van der Waals surface area contributed by atoms with Crippen LogP contribution in [-0.4, -0.2) is 70.5 Å². The van der Waals surface area contributed by atoms with Gasteiger partial charge in [-0.15, -0.1) is 11.8 Å². The van der Waals surface area contributed by atoms with Crippen molar-refractivity contribution in [1.82, 2.24) is 9.80 Å². The summed E-state index contributed by atoms with van der Waals surface area (Å²) in [5.74, 6) is -0.472. The van der Waals surface area contributed by atoms with Crippen molar-refractivity contribution < 1.29 is 14.7 Å². The number of carboxylic acids is 1. The molecule has 6 heteroatoms. The molecule has 2 rings (SSSR count). The lowest BCUT2D eigenvalue weighted by molar-refractivity contribution is -0.133. The van der Waals surface area contributed by atoms with Gasteiger partial charge in [-0.1, -0.05) is 0 Å². The zero-order valence-electron chi connectivity index (χ0n) is 9.80.